The van der Waals surface area contributed by atoms with E-state index in [-0.39, 0.29) is 18.5 Å². The Morgan fingerprint density at radius 2 is 0.648 bits per heavy atom. The van der Waals surface area contributed by atoms with E-state index in [1.54, 1.807) is 6.08 Å². The summed E-state index contributed by atoms with van der Waals surface area (Å²) in [6.45, 7) is 4.93. The van der Waals surface area contributed by atoms with Crippen molar-refractivity contribution in [2.24, 2.45) is 0 Å². The first-order valence-corrected chi connectivity index (χ1v) is 32.5. The number of amides is 1. The minimum Gasteiger partial charge on any atom is -0.466 e. The summed E-state index contributed by atoms with van der Waals surface area (Å²) in [6, 6.07) is -0.627. The molecule has 3 N–H and O–H groups in total. The van der Waals surface area contributed by atoms with E-state index in [1.165, 1.54) is 302 Å². The summed E-state index contributed by atoms with van der Waals surface area (Å²) in [4.78, 5) is 24.6. The van der Waals surface area contributed by atoms with Crippen LogP contribution >= 0.6 is 0 Å². The van der Waals surface area contributed by atoms with E-state index in [9.17, 15) is 19.8 Å². The number of carbonyl (C=O) groups is 2. The van der Waals surface area contributed by atoms with Crippen LogP contribution in [-0.4, -0.2) is 47.4 Å². The largest absolute Gasteiger partial charge is 0.466 e. The summed E-state index contributed by atoms with van der Waals surface area (Å²) in [5.74, 6) is -0.0482. The van der Waals surface area contributed by atoms with Crippen LogP contribution in [0.1, 0.15) is 367 Å². The maximum absolute atomic E-state index is 12.5. The summed E-state index contributed by atoms with van der Waals surface area (Å²) >= 11 is 0. The first-order valence-electron chi connectivity index (χ1n) is 32.5. The van der Waals surface area contributed by atoms with Crippen molar-refractivity contribution in [1.29, 1.82) is 0 Å². The Morgan fingerprint density at radius 3 is 0.958 bits per heavy atom. The van der Waals surface area contributed by atoms with Crippen LogP contribution in [0.25, 0.3) is 0 Å². The fourth-order valence-electron chi connectivity index (χ4n) is 10.3. The number of allylic oxidation sites excluding steroid dienone is 1. The van der Waals surface area contributed by atoms with Crippen molar-refractivity contribution in [3.63, 3.8) is 0 Å². The molecule has 0 spiro atoms. The molecule has 0 heterocycles. The number of hydrogen-bond donors (Lipinski definition) is 3. The van der Waals surface area contributed by atoms with Gasteiger partial charge >= 0.3 is 5.97 Å². The monoisotopic (exact) mass is 1000 g/mol. The molecule has 0 aliphatic heterocycles. The van der Waals surface area contributed by atoms with Crippen LogP contribution < -0.4 is 5.32 Å². The third kappa shape index (κ3) is 57.7. The van der Waals surface area contributed by atoms with Gasteiger partial charge in [-0.3, -0.25) is 9.59 Å². The van der Waals surface area contributed by atoms with E-state index in [4.69, 9.17) is 4.74 Å². The Morgan fingerprint density at radius 1 is 0.380 bits per heavy atom. The maximum Gasteiger partial charge on any atom is 0.305 e. The molecule has 6 heteroatoms. The molecule has 0 radical (unpaired) electrons. The van der Waals surface area contributed by atoms with Gasteiger partial charge in [-0.15, -0.1) is 0 Å². The van der Waals surface area contributed by atoms with Crippen LogP contribution in [0.2, 0.25) is 0 Å². The minimum absolute atomic E-state index is 0.0178. The minimum atomic E-state index is -0.843. The van der Waals surface area contributed by atoms with E-state index in [0.717, 1.165) is 38.5 Å². The van der Waals surface area contributed by atoms with Crippen LogP contribution in [0.3, 0.4) is 0 Å². The number of rotatable bonds is 61. The number of aliphatic hydroxyl groups excluding tert-OH is 2. The zero-order valence-electron chi connectivity index (χ0n) is 48.2. The molecule has 0 fully saturated rings. The Balaban J connectivity index is 3.36. The summed E-state index contributed by atoms with van der Waals surface area (Å²) in [7, 11) is 0. The summed E-state index contributed by atoms with van der Waals surface area (Å²) in [5, 5.41) is 23.1. The third-order valence-electron chi connectivity index (χ3n) is 15.3. The molecule has 2 unspecified atom stereocenters. The van der Waals surface area contributed by atoms with E-state index >= 15 is 0 Å². The quantitative estimate of drug-likeness (QED) is 0.0320. The van der Waals surface area contributed by atoms with Gasteiger partial charge < -0.3 is 20.3 Å². The van der Waals surface area contributed by atoms with Crippen molar-refractivity contribution in [2.45, 2.75) is 379 Å². The molecule has 0 saturated carbocycles. The van der Waals surface area contributed by atoms with Gasteiger partial charge in [0.15, 0.2) is 0 Å². The smallest absolute Gasteiger partial charge is 0.305 e. The molecule has 422 valence electrons. The summed E-state index contributed by atoms with van der Waals surface area (Å²) < 4.78 is 5.50. The lowest BCUT2D eigenvalue weighted by molar-refractivity contribution is -0.143. The molecular weight excluding hydrogens is 875 g/mol. The highest BCUT2D eigenvalue weighted by molar-refractivity contribution is 5.76. The lowest BCUT2D eigenvalue weighted by atomic mass is 10.0. The van der Waals surface area contributed by atoms with Gasteiger partial charge in [0.25, 0.3) is 0 Å². The average molecular weight is 1000 g/mol. The highest BCUT2D eigenvalue weighted by Crippen LogP contribution is 2.18. The lowest BCUT2D eigenvalue weighted by Gasteiger charge is -2.20. The predicted octanol–water partition coefficient (Wildman–Crippen LogP) is 20.4. The standard InChI is InChI=1S/C65H127NO5/c1-3-5-7-9-11-13-15-17-19-20-28-31-35-39-43-47-51-55-59-65(70)71-60-56-52-48-44-40-36-32-29-26-24-22-21-23-25-27-30-34-38-42-46-50-54-58-64(69)66-62(61-67)63(68)57-53-49-45-41-37-33-18-16-14-12-10-8-6-4-2/h53,57,62-63,67-68H,3-52,54-56,58-61H2,1-2H3,(H,66,69)/b57-53+. The van der Waals surface area contributed by atoms with Crippen molar-refractivity contribution >= 4 is 11.9 Å². The second kappa shape index (κ2) is 61.1. The lowest BCUT2D eigenvalue weighted by Crippen LogP contribution is -2.45. The van der Waals surface area contributed by atoms with Crippen LogP contribution in [0.4, 0.5) is 0 Å². The van der Waals surface area contributed by atoms with E-state index in [0.29, 0.717) is 19.4 Å². The zero-order chi connectivity index (χ0) is 51.4. The van der Waals surface area contributed by atoms with Crippen molar-refractivity contribution in [3.05, 3.63) is 12.2 Å². The van der Waals surface area contributed by atoms with E-state index in [1.807, 2.05) is 6.08 Å². The molecular formula is C65H127NO5. The van der Waals surface area contributed by atoms with Gasteiger partial charge in [0.05, 0.1) is 25.4 Å². The molecule has 6 nitrogen and oxygen atoms in total. The number of esters is 1. The van der Waals surface area contributed by atoms with Crippen LogP contribution in [0.5, 0.6) is 0 Å². The molecule has 0 aromatic rings. The molecule has 0 aliphatic carbocycles. The van der Waals surface area contributed by atoms with Gasteiger partial charge in [0, 0.05) is 12.8 Å². The third-order valence-corrected chi connectivity index (χ3v) is 15.3. The van der Waals surface area contributed by atoms with Crippen molar-refractivity contribution in [2.75, 3.05) is 13.2 Å². The van der Waals surface area contributed by atoms with E-state index < -0.39 is 12.1 Å². The highest BCUT2D eigenvalue weighted by Gasteiger charge is 2.18. The van der Waals surface area contributed by atoms with Gasteiger partial charge in [-0.2, -0.15) is 0 Å². The Hall–Kier alpha value is -1.40. The summed E-state index contributed by atoms with van der Waals surface area (Å²) in [6.07, 6.45) is 74.1. The Kier molecular flexibility index (Phi) is 59.9. The van der Waals surface area contributed by atoms with Crippen LogP contribution in [0, 0.1) is 0 Å². The average Bonchev–Trinajstić information content (AvgIpc) is 3.37. The Bertz CT molecular complexity index is 1060. The van der Waals surface area contributed by atoms with Gasteiger partial charge in [0.1, 0.15) is 0 Å². The molecule has 0 aromatic heterocycles. The van der Waals surface area contributed by atoms with Crippen molar-refractivity contribution in [1.82, 2.24) is 5.32 Å². The number of hydrogen-bond acceptors (Lipinski definition) is 5. The fourth-order valence-corrected chi connectivity index (χ4v) is 10.3. The maximum atomic E-state index is 12.5. The predicted molar refractivity (Wildman–Crippen MR) is 310 cm³/mol. The van der Waals surface area contributed by atoms with Gasteiger partial charge in [-0.05, 0) is 32.1 Å². The van der Waals surface area contributed by atoms with Crippen LogP contribution in [-0.2, 0) is 14.3 Å². The van der Waals surface area contributed by atoms with E-state index in [2.05, 4.69) is 19.2 Å². The van der Waals surface area contributed by atoms with Gasteiger partial charge in [-0.1, -0.05) is 334 Å². The zero-order valence-corrected chi connectivity index (χ0v) is 48.2. The molecule has 2 atom stereocenters. The highest BCUT2D eigenvalue weighted by atomic mass is 16.5. The molecule has 1 amide bonds. The molecule has 0 rings (SSSR count). The number of unbranched alkanes of at least 4 members (excludes halogenated alkanes) is 50. The van der Waals surface area contributed by atoms with Crippen LogP contribution in [0.15, 0.2) is 12.2 Å². The number of ether oxygens (including phenoxy) is 1. The summed E-state index contributed by atoms with van der Waals surface area (Å²) in [5.41, 5.74) is 0. The molecule has 0 aliphatic rings. The first kappa shape index (κ1) is 69.6. The molecule has 0 aromatic carbocycles. The number of aliphatic hydroxyl groups is 2. The second-order valence-electron chi connectivity index (χ2n) is 22.5. The van der Waals surface area contributed by atoms with Gasteiger partial charge in [0.2, 0.25) is 5.91 Å². The number of carbonyl (C=O) groups excluding carboxylic acids is 2. The topological polar surface area (TPSA) is 95.9 Å². The molecule has 0 bridgehead atoms. The van der Waals surface area contributed by atoms with Crippen molar-refractivity contribution < 1.29 is 24.5 Å². The normalized spacial score (nSPS) is 12.6. The van der Waals surface area contributed by atoms with Crippen molar-refractivity contribution in [3.8, 4) is 0 Å². The molecule has 0 saturated heterocycles. The fraction of sp³-hybridized carbons (Fsp3) is 0.938. The first-order chi connectivity index (χ1) is 35.0. The second-order valence-corrected chi connectivity index (χ2v) is 22.5. The van der Waals surface area contributed by atoms with Gasteiger partial charge in [-0.25, -0.2) is 0 Å². The SMILES string of the molecule is CCCCCCCCCCCCCC/C=C/C(O)C(CO)NC(=O)CCCCCCCCCCCCCCCCCCCCCCCCOC(=O)CCCCCCCCCCCCCCCCCCCC. The Labute approximate surface area is 444 Å². The number of nitrogens with one attached hydrogen (secondary N) is 1. The molecule has 71 heavy (non-hydrogen) atoms.